The van der Waals surface area contributed by atoms with Gasteiger partial charge in [0.25, 0.3) is 0 Å². The summed E-state index contributed by atoms with van der Waals surface area (Å²) in [7, 11) is 0. The zero-order chi connectivity index (χ0) is 11.3. The molecule has 0 aliphatic carbocycles. The second kappa shape index (κ2) is 4.97. The highest BCUT2D eigenvalue weighted by atomic mass is 16.3. The van der Waals surface area contributed by atoms with Crippen LogP contribution in [-0.2, 0) is 6.42 Å². The Hall–Kier alpha value is -2.08. The standard InChI is InChI=1S/C12H12N2O/c1-9(15)11-8-10(4-3-7-13)5-6-12(11)14-2/h5-6,8,15H,1-4H2. The minimum Gasteiger partial charge on any atom is -0.508 e. The van der Waals surface area contributed by atoms with Gasteiger partial charge in [0.15, 0.2) is 0 Å². The van der Waals surface area contributed by atoms with Gasteiger partial charge in [0, 0.05) is 12.0 Å². The first-order chi connectivity index (χ1) is 7.19. The molecule has 0 aliphatic rings. The SMILES string of the molecule is C=Nc1ccc(CCC#N)cc1C(=C)O. The number of aliphatic hydroxyl groups is 1. The number of aryl methyl sites for hydroxylation is 1. The van der Waals surface area contributed by atoms with Crippen molar-refractivity contribution in [2.45, 2.75) is 12.8 Å². The van der Waals surface area contributed by atoms with Crippen LogP contribution in [0, 0.1) is 11.3 Å². The Morgan fingerprint density at radius 2 is 2.27 bits per heavy atom. The van der Waals surface area contributed by atoms with Gasteiger partial charge in [0.1, 0.15) is 5.76 Å². The van der Waals surface area contributed by atoms with Gasteiger partial charge in [-0.15, -0.1) is 0 Å². The molecule has 0 aliphatic heterocycles. The Morgan fingerprint density at radius 3 is 2.80 bits per heavy atom. The van der Waals surface area contributed by atoms with E-state index < -0.39 is 0 Å². The summed E-state index contributed by atoms with van der Waals surface area (Å²) in [6, 6.07) is 7.48. The van der Waals surface area contributed by atoms with Crippen LogP contribution in [0.5, 0.6) is 0 Å². The molecular weight excluding hydrogens is 188 g/mol. The first kappa shape index (κ1) is 11.0. The monoisotopic (exact) mass is 200 g/mol. The van der Waals surface area contributed by atoms with Gasteiger partial charge in [-0.05, 0) is 30.8 Å². The van der Waals surface area contributed by atoms with E-state index in [2.05, 4.69) is 24.4 Å². The van der Waals surface area contributed by atoms with Crippen LogP contribution in [0.15, 0.2) is 29.8 Å². The number of nitriles is 1. The summed E-state index contributed by atoms with van der Waals surface area (Å²) >= 11 is 0. The molecule has 1 aromatic rings. The molecule has 0 radical (unpaired) electrons. The molecule has 0 heterocycles. The maximum Gasteiger partial charge on any atom is 0.117 e. The molecule has 0 saturated heterocycles. The van der Waals surface area contributed by atoms with Crippen LogP contribution in [0.25, 0.3) is 5.76 Å². The molecule has 1 rings (SSSR count). The van der Waals surface area contributed by atoms with Crippen molar-refractivity contribution < 1.29 is 5.11 Å². The van der Waals surface area contributed by atoms with Gasteiger partial charge in [-0.2, -0.15) is 5.26 Å². The van der Waals surface area contributed by atoms with E-state index in [1.807, 2.05) is 6.07 Å². The van der Waals surface area contributed by atoms with Crippen LogP contribution in [0.3, 0.4) is 0 Å². The molecule has 0 saturated carbocycles. The number of benzene rings is 1. The van der Waals surface area contributed by atoms with E-state index in [-0.39, 0.29) is 5.76 Å². The fourth-order valence-corrected chi connectivity index (χ4v) is 1.31. The first-order valence-electron chi connectivity index (χ1n) is 4.54. The van der Waals surface area contributed by atoms with E-state index in [0.29, 0.717) is 24.1 Å². The Kier molecular flexibility index (Phi) is 3.64. The van der Waals surface area contributed by atoms with Gasteiger partial charge in [0.2, 0.25) is 0 Å². The highest BCUT2D eigenvalue weighted by Gasteiger charge is 2.05. The lowest BCUT2D eigenvalue weighted by atomic mass is 10.0. The fourth-order valence-electron chi connectivity index (χ4n) is 1.31. The lowest BCUT2D eigenvalue weighted by molar-refractivity contribution is 0.514. The quantitative estimate of drug-likeness (QED) is 0.600. The van der Waals surface area contributed by atoms with Gasteiger partial charge < -0.3 is 5.11 Å². The normalized spacial score (nSPS) is 9.27. The minimum absolute atomic E-state index is 0.0313. The van der Waals surface area contributed by atoms with Crippen molar-refractivity contribution in [2.24, 2.45) is 4.99 Å². The highest BCUT2D eigenvalue weighted by Crippen LogP contribution is 2.25. The topological polar surface area (TPSA) is 56.4 Å². The predicted octanol–water partition coefficient (Wildman–Crippen LogP) is 3.00. The summed E-state index contributed by atoms with van der Waals surface area (Å²) in [5.74, 6) is -0.0313. The molecule has 0 spiro atoms. The van der Waals surface area contributed by atoms with Crippen LogP contribution in [-0.4, -0.2) is 11.8 Å². The number of nitrogens with zero attached hydrogens (tertiary/aromatic N) is 2. The molecule has 0 atom stereocenters. The molecule has 1 aromatic carbocycles. The van der Waals surface area contributed by atoms with Crippen molar-refractivity contribution in [3.63, 3.8) is 0 Å². The van der Waals surface area contributed by atoms with Gasteiger partial charge in [-0.1, -0.05) is 12.6 Å². The van der Waals surface area contributed by atoms with Crippen molar-refractivity contribution in [1.29, 1.82) is 5.26 Å². The van der Waals surface area contributed by atoms with Crippen molar-refractivity contribution in [3.8, 4) is 6.07 Å². The average Bonchev–Trinajstić information content (AvgIpc) is 2.25. The van der Waals surface area contributed by atoms with E-state index in [1.165, 1.54) is 0 Å². The Bertz CT molecular complexity index is 430. The Morgan fingerprint density at radius 1 is 1.53 bits per heavy atom. The van der Waals surface area contributed by atoms with Gasteiger partial charge >= 0.3 is 0 Å². The lowest BCUT2D eigenvalue weighted by Crippen LogP contribution is -1.88. The second-order valence-electron chi connectivity index (χ2n) is 3.11. The van der Waals surface area contributed by atoms with E-state index in [1.54, 1.807) is 12.1 Å². The summed E-state index contributed by atoms with van der Waals surface area (Å²) in [6.45, 7) is 6.87. The number of aliphatic hydroxyl groups excluding tert-OH is 1. The molecule has 3 nitrogen and oxygen atoms in total. The largest absolute Gasteiger partial charge is 0.508 e. The van der Waals surface area contributed by atoms with Crippen LogP contribution in [0.2, 0.25) is 0 Å². The van der Waals surface area contributed by atoms with Crippen molar-refractivity contribution in [2.75, 3.05) is 0 Å². The van der Waals surface area contributed by atoms with Crippen molar-refractivity contribution in [1.82, 2.24) is 0 Å². The molecule has 0 aromatic heterocycles. The lowest BCUT2D eigenvalue weighted by Gasteiger charge is -2.06. The van der Waals surface area contributed by atoms with Gasteiger partial charge in [0.05, 0.1) is 11.8 Å². The molecule has 0 fully saturated rings. The summed E-state index contributed by atoms with van der Waals surface area (Å²) in [5, 5.41) is 17.8. The third-order valence-electron chi connectivity index (χ3n) is 2.07. The summed E-state index contributed by atoms with van der Waals surface area (Å²) in [5.41, 5.74) is 2.15. The molecule has 76 valence electrons. The molecule has 0 unspecified atom stereocenters. The van der Waals surface area contributed by atoms with Crippen molar-refractivity contribution >= 4 is 18.2 Å². The zero-order valence-electron chi connectivity index (χ0n) is 8.40. The first-order valence-corrected chi connectivity index (χ1v) is 4.54. The predicted molar refractivity (Wildman–Crippen MR) is 61.2 cm³/mol. The Labute approximate surface area is 89.0 Å². The number of aliphatic imine (C=N–C) groups is 1. The summed E-state index contributed by atoms with van der Waals surface area (Å²) in [6.07, 6.45) is 1.12. The molecule has 15 heavy (non-hydrogen) atoms. The second-order valence-corrected chi connectivity index (χ2v) is 3.11. The Balaban J connectivity index is 3.06. The van der Waals surface area contributed by atoms with E-state index >= 15 is 0 Å². The number of hydrogen-bond acceptors (Lipinski definition) is 3. The third-order valence-corrected chi connectivity index (χ3v) is 2.07. The minimum atomic E-state index is -0.0313. The van der Waals surface area contributed by atoms with Crippen molar-refractivity contribution in [3.05, 3.63) is 35.9 Å². The number of hydrogen-bond donors (Lipinski definition) is 1. The maximum atomic E-state index is 9.34. The fraction of sp³-hybridized carbons (Fsp3) is 0.167. The van der Waals surface area contributed by atoms with Crippen LogP contribution in [0.4, 0.5) is 5.69 Å². The molecule has 1 N–H and O–H groups in total. The average molecular weight is 200 g/mol. The molecular formula is C12H12N2O. The van der Waals surface area contributed by atoms with Gasteiger partial charge in [-0.25, -0.2) is 0 Å². The summed E-state index contributed by atoms with van der Waals surface area (Å²) in [4.78, 5) is 3.78. The van der Waals surface area contributed by atoms with Crippen LogP contribution < -0.4 is 0 Å². The third kappa shape index (κ3) is 2.68. The molecule has 0 amide bonds. The zero-order valence-corrected chi connectivity index (χ0v) is 8.40. The van der Waals surface area contributed by atoms with E-state index in [9.17, 15) is 5.11 Å². The summed E-state index contributed by atoms with van der Waals surface area (Å²) < 4.78 is 0. The molecule has 0 bridgehead atoms. The van der Waals surface area contributed by atoms with Crippen LogP contribution >= 0.6 is 0 Å². The van der Waals surface area contributed by atoms with Gasteiger partial charge in [-0.3, -0.25) is 4.99 Å². The molecule has 3 heteroatoms. The maximum absolute atomic E-state index is 9.34. The van der Waals surface area contributed by atoms with E-state index in [0.717, 1.165) is 5.56 Å². The highest BCUT2D eigenvalue weighted by molar-refractivity contribution is 5.70. The van der Waals surface area contributed by atoms with E-state index in [4.69, 9.17) is 5.26 Å². The van der Waals surface area contributed by atoms with Crippen LogP contribution in [0.1, 0.15) is 17.5 Å². The number of rotatable bonds is 4. The smallest absolute Gasteiger partial charge is 0.117 e.